The molecule has 1 aromatic carbocycles. The molecule has 0 saturated carbocycles. The van der Waals surface area contributed by atoms with Gasteiger partial charge in [0.05, 0.1) is 4.92 Å². The Kier molecular flexibility index (Phi) is 2.46. The zero-order valence-corrected chi connectivity index (χ0v) is 10.6. The van der Waals surface area contributed by atoms with E-state index in [1.165, 1.54) is 6.07 Å². The molecular weight excluding hydrogens is 268 g/mol. The van der Waals surface area contributed by atoms with E-state index in [9.17, 15) is 10.1 Å². The lowest BCUT2D eigenvalue weighted by atomic mass is 10.1. The standard InChI is InChI=1S/C11H8N4O3S/c1-5-6-3-2-4-7(15(16)17)9(6)12-8(5)10-13-14-11(19)18-10/h2-4,12H,1H3,(H,14,19). The summed E-state index contributed by atoms with van der Waals surface area (Å²) in [6.45, 7) is 1.84. The topological polar surface area (TPSA) is 101 Å². The average molecular weight is 276 g/mol. The van der Waals surface area contributed by atoms with Crippen LogP contribution in [-0.2, 0) is 0 Å². The highest BCUT2D eigenvalue weighted by Gasteiger charge is 2.19. The summed E-state index contributed by atoms with van der Waals surface area (Å²) in [5, 5.41) is 18.2. The first kappa shape index (κ1) is 11.6. The molecule has 0 amide bonds. The molecule has 7 nitrogen and oxygen atoms in total. The number of nitro groups is 1. The maximum Gasteiger partial charge on any atom is 0.293 e. The van der Waals surface area contributed by atoms with Gasteiger partial charge in [0.1, 0.15) is 11.2 Å². The monoisotopic (exact) mass is 276 g/mol. The smallest absolute Gasteiger partial charge is 0.293 e. The van der Waals surface area contributed by atoms with E-state index in [1.807, 2.05) is 6.92 Å². The van der Waals surface area contributed by atoms with E-state index in [0.717, 1.165) is 10.9 Å². The van der Waals surface area contributed by atoms with Gasteiger partial charge in [-0.25, -0.2) is 5.10 Å². The van der Waals surface area contributed by atoms with Gasteiger partial charge in [-0.1, -0.05) is 12.1 Å². The summed E-state index contributed by atoms with van der Waals surface area (Å²) in [6.07, 6.45) is 0. The Bertz CT molecular complexity index is 845. The molecule has 2 heterocycles. The van der Waals surface area contributed by atoms with E-state index in [4.69, 9.17) is 16.6 Å². The van der Waals surface area contributed by atoms with Gasteiger partial charge in [0.15, 0.2) is 0 Å². The first-order valence-electron chi connectivity index (χ1n) is 5.39. The minimum Gasteiger partial charge on any atom is -0.408 e. The number of para-hydroxylation sites is 1. The van der Waals surface area contributed by atoms with Crippen molar-refractivity contribution in [3.8, 4) is 11.6 Å². The Morgan fingerprint density at radius 2 is 2.26 bits per heavy atom. The van der Waals surface area contributed by atoms with Gasteiger partial charge in [-0.05, 0) is 24.7 Å². The molecule has 96 valence electrons. The fourth-order valence-electron chi connectivity index (χ4n) is 2.04. The van der Waals surface area contributed by atoms with Crippen LogP contribution in [0.3, 0.4) is 0 Å². The van der Waals surface area contributed by atoms with E-state index in [0.29, 0.717) is 11.2 Å². The predicted octanol–water partition coefficient (Wildman–Crippen LogP) is 3.10. The number of hydrogen-bond acceptors (Lipinski definition) is 5. The zero-order valence-electron chi connectivity index (χ0n) is 9.76. The third kappa shape index (κ3) is 1.73. The summed E-state index contributed by atoms with van der Waals surface area (Å²) in [6, 6.07) is 4.90. The molecule has 0 fully saturated rings. The molecule has 0 spiro atoms. The van der Waals surface area contributed by atoms with Crippen molar-refractivity contribution in [1.29, 1.82) is 0 Å². The lowest BCUT2D eigenvalue weighted by molar-refractivity contribution is -0.383. The third-order valence-electron chi connectivity index (χ3n) is 2.92. The molecule has 0 saturated heterocycles. The van der Waals surface area contributed by atoms with Crippen LogP contribution in [-0.4, -0.2) is 20.1 Å². The van der Waals surface area contributed by atoms with Gasteiger partial charge < -0.3 is 9.40 Å². The molecular formula is C11H8N4O3S. The van der Waals surface area contributed by atoms with Crippen LogP contribution in [0.5, 0.6) is 0 Å². The summed E-state index contributed by atoms with van der Waals surface area (Å²) in [4.78, 5) is 13.7. The highest BCUT2D eigenvalue weighted by molar-refractivity contribution is 7.71. The number of benzene rings is 1. The molecule has 3 rings (SSSR count). The van der Waals surface area contributed by atoms with Crippen LogP contribution in [0.4, 0.5) is 5.69 Å². The second kappa shape index (κ2) is 4.02. The quantitative estimate of drug-likeness (QED) is 0.425. The molecule has 2 aromatic heterocycles. The average Bonchev–Trinajstić information content (AvgIpc) is 2.93. The van der Waals surface area contributed by atoms with Crippen LogP contribution < -0.4 is 0 Å². The molecule has 0 bridgehead atoms. The van der Waals surface area contributed by atoms with Crippen molar-refractivity contribution in [3.63, 3.8) is 0 Å². The fourth-order valence-corrected chi connectivity index (χ4v) is 2.16. The highest BCUT2D eigenvalue weighted by Crippen LogP contribution is 2.33. The van der Waals surface area contributed by atoms with Gasteiger partial charge in [0.2, 0.25) is 0 Å². The van der Waals surface area contributed by atoms with Gasteiger partial charge >= 0.3 is 0 Å². The molecule has 0 aliphatic heterocycles. The second-order valence-electron chi connectivity index (χ2n) is 4.00. The second-order valence-corrected chi connectivity index (χ2v) is 4.37. The van der Waals surface area contributed by atoms with Gasteiger partial charge in [-0.3, -0.25) is 10.1 Å². The molecule has 0 aliphatic carbocycles. The number of nitro benzene ring substituents is 1. The van der Waals surface area contributed by atoms with Crippen molar-refractivity contribution in [2.75, 3.05) is 0 Å². The molecule has 0 unspecified atom stereocenters. The maximum absolute atomic E-state index is 11.0. The highest BCUT2D eigenvalue weighted by atomic mass is 32.1. The maximum atomic E-state index is 11.0. The van der Waals surface area contributed by atoms with Crippen LogP contribution in [0.25, 0.3) is 22.5 Å². The number of non-ortho nitro benzene ring substituents is 1. The van der Waals surface area contributed by atoms with Crippen LogP contribution in [0, 0.1) is 21.9 Å². The number of nitrogens with one attached hydrogen (secondary N) is 2. The van der Waals surface area contributed by atoms with Gasteiger partial charge in [-0.2, -0.15) is 0 Å². The molecule has 0 radical (unpaired) electrons. The molecule has 0 aliphatic rings. The molecule has 0 atom stereocenters. The molecule has 2 N–H and O–H groups in total. The first-order chi connectivity index (χ1) is 9.08. The number of aromatic nitrogens is 3. The van der Waals surface area contributed by atoms with Crippen molar-refractivity contribution in [2.24, 2.45) is 0 Å². The van der Waals surface area contributed by atoms with Crippen molar-refractivity contribution >= 4 is 28.8 Å². The Morgan fingerprint density at radius 1 is 1.47 bits per heavy atom. The van der Waals surface area contributed by atoms with Crippen LogP contribution in [0.1, 0.15) is 5.56 Å². The van der Waals surface area contributed by atoms with E-state index in [2.05, 4.69) is 15.2 Å². The summed E-state index contributed by atoms with van der Waals surface area (Å²) in [5.74, 6) is 0.285. The number of aryl methyl sites for hydroxylation is 1. The molecule has 3 aromatic rings. The van der Waals surface area contributed by atoms with E-state index in [1.54, 1.807) is 12.1 Å². The largest absolute Gasteiger partial charge is 0.408 e. The normalized spacial score (nSPS) is 11.0. The summed E-state index contributed by atoms with van der Waals surface area (Å²) in [7, 11) is 0. The summed E-state index contributed by atoms with van der Waals surface area (Å²) >= 11 is 4.82. The van der Waals surface area contributed by atoms with Gasteiger partial charge in [0.25, 0.3) is 16.4 Å². The minimum absolute atomic E-state index is 0.0148. The van der Waals surface area contributed by atoms with Crippen LogP contribution in [0.15, 0.2) is 22.6 Å². The third-order valence-corrected chi connectivity index (χ3v) is 3.09. The molecule has 19 heavy (non-hydrogen) atoms. The van der Waals surface area contributed by atoms with E-state index in [-0.39, 0.29) is 16.4 Å². The Hall–Kier alpha value is -2.48. The van der Waals surface area contributed by atoms with Crippen molar-refractivity contribution in [3.05, 3.63) is 38.7 Å². The number of hydrogen-bond donors (Lipinski definition) is 2. The lowest BCUT2D eigenvalue weighted by Crippen LogP contribution is -1.88. The van der Waals surface area contributed by atoms with Gasteiger partial charge in [0, 0.05) is 11.5 Å². The number of aromatic amines is 2. The molecule has 8 heteroatoms. The first-order valence-corrected chi connectivity index (χ1v) is 5.80. The van der Waals surface area contributed by atoms with Crippen molar-refractivity contribution in [2.45, 2.75) is 6.92 Å². The predicted molar refractivity (Wildman–Crippen MR) is 70.4 cm³/mol. The minimum atomic E-state index is -0.428. The Balaban J connectivity index is 2.34. The number of rotatable bonds is 2. The van der Waals surface area contributed by atoms with Crippen molar-refractivity contribution in [1.82, 2.24) is 15.2 Å². The summed E-state index contributed by atoms with van der Waals surface area (Å²) in [5.41, 5.74) is 1.87. The van der Waals surface area contributed by atoms with Crippen LogP contribution in [0.2, 0.25) is 0 Å². The number of nitrogens with zero attached hydrogens (tertiary/aromatic N) is 2. The van der Waals surface area contributed by atoms with Crippen molar-refractivity contribution < 1.29 is 9.34 Å². The fraction of sp³-hybridized carbons (Fsp3) is 0.0909. The Morgan fingerprint density at radius 3 is 2.89 bits per heavy atom. The Labute approximate surface area is 111 Å². The SMILES string of the molecule is Cc1c(-c2n[nH]c(=S)o2)[nH]c2c([N+](=O)[O-])cccc12. The van der Waals surface area contributed by atoms with E-state index < -0.39 is 4.92 Å². The summed E-state index contributed by atoms with van der Waals surface area (Å²) < 4.78 is 5.23. The zero-order chi connectivity index (χ0) is 13.6. The van der Waals surface area contributed by atoms with E-state index >= 15 is 0 Å². The van der Waals surface area contributed by atoms with Gasteiger partial charge in [-0.15, -0.1) is 5.10 Å². The number of fused-ring (bicyclic) bond motifs is 1. The van der Waals surface area contributed by atoms with Crippen LogP contribution >= 0.6 is 12.2 Å². The number of H-pyrrole nitrogens is 2. The lowest BCUT2D eigenvalue weighted by Gasteiger charge is -1.93.